The van der Waals surface area contributed by atoms with Crippen molar-refractivity contribution in [1.29, 1.82) is 0 Å². The summed E-state index contributed by atoms with van der Waals surface area (Å²) in [7, 11) is -3.97. The molecule has 4 rings (SSSR count). The molecule has 3 aromatic carbocycles. The molecular formula is C23H17F2N3O3S2. The molecule has 0 aliphatic carbocycles. The van der Waals surface area contributed by atoms with Crippen molar-refractivity contribution in [3.63, 3.8) is 0 Å². The Kier molecular flexibility index (Phi) is 6.21. The minimum absolute atomic E-state index is 0.117. The normalized spacial score (nSPS) is 12.1. The Morgan fingerprint density at radius 2 is 1.79 bits per heavy atom. The summed E-state index contributed by atoms with van der Waals surface area (Å²) in [6, 6.07) is 14.6. The third-order valence-electron chi connectivity index (χ3n) is 4.64. The van der Waals surface area contributed by atoms with E-state index in [9.17, 15) is 22.0 Å². The Morgan fingerprint density at radius 1 is 1.06 bits per heavy atom. The van der Waals surface area contributed by atoms with Gasteiger partial charge < -0.3 is 4.57 Å². The summed E-state index contributed by atoms with van der Waals surface area (Å²) >= 11 is 1.16. The van der Waals surface area contributed by atoms with Gasteiger partial charge in [-0.3, -0.25) is 9.52 Å². The van der Waals surface area contributed by atoms with E-state index in [1.807, 2.05) is 0 Å². The Labute approximate surface area is 192 Å². The minimum atomic E-state index is -3.97. The fraction of sp³-hybridized carbons (Fsp3) is 0.0435. The number of anilines is 1. The van der Waals surface area contributed by atoms with Crippen LogP contribution in [0.1, 0.15) is 10.4 Å². The van der Waals surface area contributed by atoms with Crippen LogP contribution in [0.2, 0.25) is 0 Å². The number of rotatable bonds is 6. The van der Waals surface area contributed by atoms with Crippen molar-refractivity contribution in [3.8, 4) is 0 Å². The first-order valence-electron chi connectivity index (χ1n) is 9.64. The summed E-state index contributed by atoms with van der Waals surface area (Å²) in [5, 5.41) is 0. The lowest BCUT2D eigenvalue weighted by Crippen LogP contribution is -2.16. The second kappa shape index (κ2) is 9.08. The number of sulfonamides is 1. The molecule has 10 heteroatoms. The first-order valence-corrected chi connectivity index (χ1v) is 11.9. The lowest BCUT2D eigenvalue weighted by molar-refractivity contribution is 0.0998. The summed E-state index contributed by atoms with van der Waals surface area (Å²) in [5.74, 6) is -1.54. The van der Waals surface area contributed by atoms with Gasteiger partial charge in [0.05, 0.1) is 15.1 Å². The van der Waals surface area contributed by atoms with Gasteiger partial charge >= 0.3 is 0 Å². The van der Waals surface area contributed by atoms with Gasteiger partial charge in [-0.05, 0) is 60.7 Å². The fourth-order valence-electron chi connectivity index (χ4n) is 3.13. The van der Waals surface area contributed by atoms with E-state index in [1.165, 1.54) is 36.4 Å². The summed E-state index contributed by atoms with van der Waals surface area (Å²) in [6.45, 7) is 4.08. The molecule has 1 heterocycles. The van der Waals surface area contributed by atoms with Crippen LogP contribution in [-0.2, 0) is 16.6 Å². The average Bonchev–Trinajstić information content (AvgIpc) is 3.10. The zero-order valence-corrected chi connectivity index (χ0v) is 18.7. The highest BCUT2D eigenvalue weighted by Gasteiger charge is 2.16. The average molecular weight is 486 g/mol. The highest BCUT2D eigenvalue weighted by molar-refractivity contribution is 7.92. The van der Waals surface area contributed by atoms with Gasteiger partial charge in [-0.25, -0.2) is 17.2 Å². The monoisotopic (exact) mass is 485 g/mol. The summed E-state index contributed by atoms with van der Waals surface area (Å²) in [6.07, 6.45) is 1.64. The molecule has 1 aromatic heterocycles. The lowest BCUT2D eigenvalue weighted by Gasteiger charge is -2.08. The molecule has 0 saturated heterocycles. The maximum Gasteiger partial charge on any atom is 0.279 e. The maximum atomic E-state index is 13.6. The zero-order valence-electron chi connectivity index (χ0n) is 17.0. The molecule has 0 unspecified atom stereocenters. The summed E-state index contributed by atoms with van der Waals surface area (Å²) < 4.78 is 56.5. The van der Waals surface area contributed by atoms with E-state index >= 15 is 0 Å². The first kappa shape index (κ1) is 22.6. The molecule has 1 N–H and O–H groups in total. The summed E-state index contributed by atoms with van der Waals surface area (Å²) in [4.78, 5) is 17.3. The predicted molar refractivity (Wildman–Crippen MR) is 124 cm³/mol. The number of hydrogen-bond acceptors (Lipinski definition) is 4. The smallest absolute Gasteiger partial charge is 0.279 e. The van der Waals surface area contributed by atoms with Crippen molar-refractivity contribution in [2.24, 2.45) is 4.99 Å². The number of benzene rings is 3. The van der Waals surface area contributed by atoms with Crippen molar-refractivity contribution in [2.45, 2.75) is 11.4 Å². The van der Waals surface area contributed by atoms with E-state index in [2.05, 4.69) is 16.3 Å². The van der Waals surface area contributed by atoms with Gasteiger partial charge in [-0.15, -0.1) is 6.58 Å². The Balaban J connectivity index is 1.67. The second-order valence-electron chi connectivity index (χ2n) is 6.95. The molecule has 0 atom stereocenters. The van der Waals surface area contributed by atoms with Gasteiger partial charge in [0.15, 0.2) is 4.80 Å². The highest BCUT2D eigenvalue weighted by Crippen LogP contribution is 2.20. The molecular weight excluding hydrogens is 468 g/mol. The van der Waals surface area contributed by atoms with Crippen molar-refractivity contribution >= 4 is 43.2 Å². The van der Waals surface area contributed by atoms with Crippen LogP contribution >= 0.6 is 11.3 Å². The minimum Gasteiger partial charge on any atom is -0.312 e. The van der Waals surface area contributed by atoms with Crippen molar-refractivity contribution < 1.29 is 22.0 Å². The number of fused-ring (bicyclic) bond motifs is 1. The Bertz CT molecular complexity index is 1540. The van der Waals surface area contributed by atoms with Crippen LogP contribution in [0.3, 0.4) is 0 Å². The molecule has 33 heavy (non-hydrogen) atoms. The molecule has 0 fully saturated rings. The number of hydrogen-bond donors (Lipinski definition) is 1. The van der Waals surface area contributed by atoms with E-state index in [0.717, 1.165) is 35.6 Å². The molecule has 0 bridgehead atoms. The van der Waals surface area contributed by atoms with E-state index in [0.29, 0.717) is 21.6 Å². The van der Waals surface area contributed by atoms with Crippen molar-refractivity contribution in [3.05, 3.63) is 101 Å². The van der Waals surface area contributed by atoms with Crippen LogP contribution in [0.5, 0.6) is 0 Å². The molecule has 0 aliphatic heterocycles. The summed E-state index contributed by atoms with van der Waals surface area (Å²) in [5.41, 5.74) is 1.02. The maximum absolute atomic E-state index is 13.6. The zero-order chi connectivity index (χ0) is 23.6. The largest absolute Gasteiger partial charge is 0.312 e. The Hall–Kier alpha value is -3.63. The van der Waals surface area contributed by atoms with Gasteiger partial charge in [-0.2, -0.15) is 4.99 Å². The molecule has 1 amide bonds. The number of allylic oxidation sites excluding steroid dienone is 1. The van der Waals surface area contributed by atoms with Crippen molar-refractivity contribution in [2.75, 3.05) is 4.72 Å². The van der Waals surface area contributed by atoms with Crippen LogP contribution in [0.15, 0.2) is 89.3 Å². The molecule has 0 radical (unpaired) electrons. The number of nitrogens with one attached hydrogen (secondary N) is 1. The van der Waals surface area contributed by atoms with Crippen LogP contribution in [0, 0.1) is 11.6 Å². The molecule has 4 aromatic rings. The van der Waals surface area contributed by atoms with E-state index in [-0.39, 0.29) is 16.1 Å². The quantitative estimate of drug-likeness (QED) is 0.402. The standard InChI is InChI=1S/C23H17F2N3O3S2/c1-2-12-28-20-11-8-17(25)14-21(20)32-23(28)26-22(29)15-4-3-5-18(13-15)27-33(30,31)19-9-6-16(24)7-10-19/h2-11,13-14,27H,1,12H2. The van der Waals surface area contributed by atoms with E-state index < -0.39 is 27.6 Å². The third-order valence-corrected chi connectivity index (χ3v) is 7.08. The first-order chi connectivity index (χ1) is 15.8. The Morgan fingerprint density at radius 3 is 2.52 bits per heavy atom. The lowest BCUT2D eigenvalue weighted by atomic mass is 10.2. The van der Waals surface area contributed by atoms with Gasteiger partial charge in [0.1, 0.15) is 11.6 Å². The predicted octanol–water partition coefficient (Wildman–Crippen LogP) is 4.71. The van der Waals surface area contributed by atoms with Crippen LogP contribution in [-0.4, -0.2) is 18.9 Å². The van der Waals surface area contributed by atoms with Crippen LogP contribution in [0.4, 0.5) is 14.5 Å². The van der Waals surface area contributed by atoms with Gasteiger partial charge in [0.25, 0.3) is 15.9 Å². The fourth-order valence-corrected chi connectivity index (χ4v) is 5.25. The van der Waals surface area contributed by atoms with Crippen molar-refractivity contribution in [1.82, 2.24) is 4.57 Å². The molecule has 6 nitrogen and oxygen atoms in total. The van der Waals surface area contributed by atoms with E-state index in [1.54, 1.807) is 16.7 Å². The molecule has 0 aliphatic rings. The molecule has 0 spiro atoms. The topological polar surface area (TPSA) is 80.5 Å². The van der Waals surface area contributed by atoms with Crippen LogP contribution in [0.25, 0.3) is 10.2 Å². The highest BCUT2D eigenvalue weighted by atomic mass is 32.2. The number of carbonyl (C=O) groups excluding carboxylic acids is 1. The number of carbonyl (C=O) groups is 1. The number of aromatic nitrogens is 1. The SMILES string of the molecule is C=CCn1c(=NC(=O)c2cccc(NS(=O)(=O)c3ccc(F)cc3)c2)sc2cc(F)ccc21. The number of nitrogens with zero attached hydrogens (tertiary/aromatic N) is 2. The number of amides is 1. The second-order valence-corrected chi connectivity index (χ2v) is 9.64. The van der Waals surface area contributed by atoms with Gasteiger partial charge in [0.2, 0.25) is 0 Å². The number of halogens is 2. The van der Waals surface area contributed by atoms with Gasteiger partial charge in [0, 0.05) is 17.8 Å². The third kappa shape index (κ3) is 4.91. The molecule has 0 saturated carbocycles. The molecule has 168 valence electrons. The van der Waals surface area contributed by atoms with Crippen LogP contribution < -0.4 is 9.52 Å². The van der Waals surface area contributed by atoms with E-state index in [4.69, 9.17) is 0 Å². The van der Waals surface area contributed by atoms with Gasteiger partial charge in [-0.1, -0.05) is 23.5 Å². The number of thiazole rings is 1.